The number of halogens is 1. The number of pyridine rings is 1. The van der Waals surface area contributed by atoms with Crippen molar-refractivity contribution in [2.75, 3.05) is 0 Å². The molecule has 5 rings (SSSR count). The monoisotopic (exact) mass is 436 g/mol. The van der Waals surface area contributed by atoms with Crippen LogP contribution >= 0.6 is 0 Å². The fraction of sp³-hybridized carbons (Fsp3) is 0.0769. The van der Waals surface area contributed by atoms with Crippen LogP contribution in [0.25, 0.3) is 39.1 Å². The minimum atomic E-state index is -0.267. The van der Waals surface area contributed by atoms with Crippen LogP contribution in [0.5, 0.6) is 0 Å². The number of hydrogen-bond acceptors (Lipinski definition) is 4. The van der Waals surface area contributed by atoms with Crippen LogP contribution in [0.15, 0.2) is 74.0 Å². The molecule has 0 saturated carbocycles. The number of allylic oxidation sites excluding steroid dienone is 2. The molecule has 5 aromatic rings. The summed E-state index contributed by atoms with van der Waals surface area (Å²) in [5.41, 5.74) is 8.51. The molecule has 33 heavy (non-hydrogen) atoms. The zero-order chi connectivity index (χ0) is 22.9. The fourth-order valence-corrected chi connectivity index (χ4v) is 4.03. The second-order valence-corrected chi connectivity index (χ2v) is 7.88. The Hall–Kier alpha value is -4.39. The molecule has 0 aliphatic rings. The first kappa shape index (κ1) is 20.5. The molecule has 0 amide bonds. The van der Waals surface area contributed by atoms with Crippen molar-refractivity contribution in [1.82, 2.24) is 30.1 Å². The lowest BCUT2D eigenvalue weighted by Gasteiger charge is -2.09. The van der Waals surface area contributed by atoms with E-state index in [1.54, 1.807) is 24.7 Å². The molecule has 0 aliphatic carbocycles. The third kappa shape index (κ3) is 3.85. The van der Waals surface area contributed by atoms with Gasteiger partial charge in [0.05, 0.1) is 11.4 Å². The standard InChI is InChI=1S/C26H21FN6/c1-4-5-21(17-6-15(2)7-20(27)8-17)22-10-24(31-16(22)3)25-23-9-18(13-30-26(23)33-32-25)19-11-28-14-29-12-19/h4-14,31H,1H2,2-3H3,(H,30,32,33)/b21-5-. The smallest absolute Gasteiger partial charge is 0.181 e. The van der Waals surface area contributed by atoms with Crippen LogP contribution in [0, 0.1) is 19.7 Å². The van der Waals surface area contributed by atoms with E-state index in [9.17, 15) is 4.39 Å². The molecular weight excluding hydrogens is 415 g/mol. The van der Waals surface area contributed by atoms with Crippen LogP contribution in [0.1, 0.15) is 22.4 Å². The highest BCUT2D eigenvalue weighted by Gasteiger charge is 2.17. The van der Waals surface area contributed by atoms with E-state index >= 15 is 0 Å². The van der Waals surface area contributed by atoms with Gasteiger partial charge in [-0.15, -0.1) is 0 Å². The van der Waals surface area contributed by atoms with Crippen LogP contribution in [-0.4, -0.2) is 30.1 Å². The van der Waals surface area contributed by atoms with Crippen molar-refractivity contribution in [2.45, 2.75) is 13.8 Å². The summed E-state index contributed by atoms with van der Waals surface area (Å²) < 4.78 is 14.1. The maximum atomic E-state index is 14.1. The van der Waals surface area contributed by atoms with E-state index in [0.717, 1.165) is 55.9 Å². The molecule has 2 N–H and O–H groups in total. The van der Waals surface area contributed by atoms with Gasteiger partial charge in [-0.1, -0.05) is 24.8 Å². The van der Waals surface area contributed by atoms with Gasteiger partial charge in [-0.05, 0) is 54.8 Å². The number of nitrogens with one attached hydrogen (secondary N) is 2. The third-order valence-corrected chi connectivity index (χ3v) is 5.52. The Bertz CT molecular complexity index is 1490. The number of aromatic amines is 2. The van der Waals surface area contributed by atoms with Crippen LogP contribution in [0.3, 0.4) is 0 Å². The maximum absolute atomic E-state index is 14.1. The van der Waals surface area contributed by atoms with Crippen molar-refractivity contribution in [3.8, 4) is 22.5 Å². The molecule has 0 saturated heterocycles. The quantitative estimate of drug-likeness (QED) is 0.342. The highest BCUT2D eigenvalue weighted by atomic mass is 19.1. The molecule has 1 aromatic carbocycles. The predicted octanol–water partition coefficient (Wildman–Crippen LogP) is 5.78. The van der Waals surface area contributed by atoms with Gasteiger partial charge in [0.25, 0.3) is 0 Å². The van der Waals surface area contributed by atoms with Crippen molar-refractivity contribution in [1.29, 1.82) is 0 Å². The van der Waals surface area contributed by atoms with Crippen LogP contribution in [0.4, 0.5) is 4.39 Å². The Morgan fingerprint density at radius 1 is 1.00 bits per heavy atom. The summed E-state index contributed by atoms with van der Waals surface area (Å²) in [6.45, 7) is 7.72. The number of fused-ring (bicyclic) bond motifs is 1. The van der Waals surface area contributed by atoms with E-state index in [1.807, 2.05) is 38.1 Å². The summed E-state index contributed by atoms with van der Waals surface area (Å²) in [7, 11) is 0. The highest BCUT2D eigenvalue weighted by molar-refractivity contribution is 5.94. The molecule has 162 valence electrons. The largest absolute Gasteiger partial charge is 0.357 e. The van der Waals surface area contributed by atoms with Gasteiger partial charge in [0.1, 0.15) is 12.1 Å². The first-order valence-electron chi connectivity index (χ1n) is 10.4. The molecule has 7 heteroatoms. The minimum absolute atomic E-state index is 0.267. The van der Waals surface area contributed by atoms with Gasteiger partial charge < -0.3 is 4.98 Å². The van der Waals surface area contributed by atoms with E-state index in [4.69, 9.17) is 0 Å². The summed E-state index contributed by atoms with van der Waals surface area (Å²) in [6, 6.07) is 9.08. The molecule has 4 heterocycles. The Kier molecular flexibility index (Phi) is 5.14. The average molecular weight is 436 g/mol. The zero-order valence-electron chi connectivity index (χ0n) is 18.2. The number of aryl methyl sites for hydroxylation is 2. The molecule has 0 aliphatic heterocycles. The Labute approximate surface area is 190 Å². The highest BCUT2D eigenvalue weighted by Crippen LogP contribution is 2.34. The number of benzene rings is 1. The second kappa shape index (κ2) is 8.27. The predicted molar refractivity (Wildman–Crippen MR) is 128 cm³/mol. The third-order valence-electron chi connectivity index (χ3n) is 5.52. The molecule has 0 bridgehead atoms. The lowest BCUT2D eigenvalue weighted by atomic mass is 9.96. The van der Waals surface area contributed by atoms with Crippen molar-refractivity contribution in [3.05, 3.63) is 102 Å². The zero-order valence-corrected chi connectivity index (χ0v) is 18.2. The van der Waals surface area contributed by atoms with Gasteiger partial charge in [-0.3, -0.25) is 5.10 Å². The van der Waals surface area contributed by atoms with Gasteiger partial charge in [0.2, 0.25) is 0 Å². The van der Waals surface area contributed by atoms with Gasteiger partial charge >= 0.3 is 0 Å². The first-order valence-corrected chi connectivity index (χ1v) is 10.4. The Morgan fingerprint density at radius 2 is 1.82 bits per heavy atom. The minimum Gasteiger partial charge on any atom is -0.357 e. The van der Waals surface area contributed by atoms with E-state index in [1.165, 1.54) is 18.5 Å². The van der Waals surface area contributed by atoms with Gasteiger partial charge in [0.15, 0.2) is 5.65 Å². The van der Waals surface area contributed by atoms with Crippen LogP contribution in [-0.2, 0) is 0 Å². The van der Waals surface area contributed by atoms with Crippen molar-refractivity contribution < 1.29 is 4.39 Å². The molecule has 4 aromatic heterocycles. The van der Waals surface area contributed by atoms with Crippen molar-refractivity contribution >= 4 is 16.6 Å². The van der Waals surface area contributed by atoms with E-state index in [-0.39, 0.29) is 5.82 Å². The Balaban J connectivity index is 1.62. The SMILES string of the molecule is C=C/C=C(/c1cc(C)cc(F)c1)c1cc(-c2[nH]nc3ncc(-c4cncnc4)cc23)[nH]c1C. The van der Waals surface area contributed by atoms with Gasteiger partial charge in [-0.2, -0.15) is 5.10 Å². The number of aromatic nitrogens is 6. The summed E-state index contributed by atoms with van der Waals surface area (Å²) in [5.74, 6) is -0.267. The van der Waals surface area contributed by atoms with Crippen LogP contribution in [0.2, 0.25) is 0 Å². The molecule has 0 radical (unpaired) electrons. The van der Waals surface area contributed by atoms with E-state index in [0.29, 0.717) is 5.65 Å². The summed E-state index contributed by atoms with van der Waals surface area (Å²) in [5, 5.41) is 8.34. The lowest BCUT2D eigenvalue weighted by Crippen LogP contribution is -1.91. The number of nitrogens with zero attached hydrogens (tertiary/aromatic N) is 4. The van der Waals surface area contributed by atoms with Gasteiger partial charge in [-0.25, -0.2) is 19.3 Å². The number of rotatable bonds is 5. The summed E-state index contributed by atoms with van der Waals surface area (Å²) in [4.78, 5) is 16.1. The number of hydrogen-bond donors (Lipinski definition) is 2. The number of H-pyrrole nitrogens is 2. The topological polar surface area (TPSA) is 83.1 Å². The molecule has 6 nitrogen and oxygen atoms in total. The fourth-order valence-electron chi connectivity index (χ4n) is 4.03. The molecule has 0 spiro atoms. The van der Waals surface area contributed by atoms with E-state index < -0.39 is 0 Å². The molecule has 0 unspecified atom stereocenters. The molecule has 0 atom stereocenters. The normalized spacial score (nSPS) is 11.8. The van der Waals surface area contributed by atoms with E-state index in [2.05, 4.69) is 36.7 Å². The average Bonchev–Trinajstić information content (AvgIpc) is 3.40. The summed E-state index contributed by atoms with van der Waals surface area (Å²) in [6.07, 6.45) is 10.4. The molecular formula is C26H21FN6. The Morgan fingerprint density at radius 3 is 2.58 bits per heavy atom. The second-order valence-electron chi connectivity index (χ2n) is 7.88. The van der Waals surface area contributed by atoms with Crippen LogP contribution < -0.4 is 0 Å². The lowest BCUT2D eigenvalue weighted by molar-refractivity contribution is 0.626. The maximum Gasteiger partial charge on any atom is 0.181 e. The van der Waals surface area contributed by atoms with Crippen molar-refractivity contribution in [3.63, 3.8) is 0 Å². The first-order chi connectivity index (χ1) is 16.0. The van der Waals surface area contributed by atoms with Gasteiger partial charge in [0, 0.05) is 46.4 Å². The summed E-state index contributed by atoms with van der Waals surface area (Å²) >= 11 is 0. The van der Waals surface area contributed by atoms with Crippen molar-refractivity contribution in [2.24, 2.45) is 0 Å². The molecule has 0 fully saturated rings.